The Hall–Kier alpha value is -1.06. The largest absolute Gasteiger partial charge is 0.395 e. The van der Waals surface area contributed by atoms with Gasteiger partial charge in [-0.1, -0.05) is 24.6 Å². The van der Waals surface area contributed by atoms with Crippen LogP contribution in [0.3, 0.4) is 0 Å². The van der Waals surface area contributed by atoms with Crippen molar-refractivity contribution < 1.29 is 5.11 Å². The molecule has 1 aliphatic heterocycles. The molecule has 1 heterocycles. The van der Waals surface area contributed by atoms with Crippen molar-refractivity contribution in [3.8, 4) is 0 Å². The average molecular weight is 276 g/mol. The molecule has 2 N–H and O–H groups in total. The van der Waals surface area contributed by atoms with Crippen LogP contribution in [0.5, 0.6) is 0 Å². The monoisotopic (exact) mass is 276 g/mol. The molecule has 0 spiro atoms. The van der Waals surface area contributed by atoms with Crippen molar-refractivity contribution in [3.05, 3.63) is 29.3 Å². The summed E-state index contributed by atoms with van der Waals surface area (Å²) in [6.45, 7) is 7.70. The maximum absolute atomic E-state index is 9.43. The fourth-order valence-corrected chi connectivity index (χ4v) is 2.95. The number of aryl methyl sites for hydroxylation is 2. The topological polar surface area (TPSA) is 35.5 Å². The molecular formula is C17H28N2O. The fourth-order valence-electron chi connectivity index (χ4n) is 2.95. The average Bonchev–Trinajstić information content (AvgIpc) is 2.47. The van der Waals surface area contributed by atoms with Gasteiger partial charge in [-0.05, 0) is 50.8 Å². The minimum absolute atomic E-state index is 0.228. The molecule has 0 saturated carbocycles. The van der Waals surface area contributed by atoms with E-state index in [0.29, 0.717) is 0 Å². The lowest BCUT2D eigenvalue weighted by Gasteiger charge is -2.32. The van der Waals surface area contributed by atoms with Crippen molar-refractivity contribution >= 4 is 5.69 Å². The number of nitrogens with one attached hydrogen (secondary N) is 1. The predicted octanol–water partition coefficient (Wildman–Crippen LogP) is 2.50. The first-order chi connectivity index (χ1) is 9.74. The van der Waals surface area contributed by atoms with Gasteiger partial charge in [0.05, 0.1) is 6.61 Å². The van der Waals surface area contributed by atoms with Gasteiger partial charge in [-0.15, -0.1) is 0 Å². The Labute approximate surface area is 123 Å². The lowest BCUT2D eigenvalue weighted by atomic mass is 9.99. The van der Waals surface area contributed by atoms with Crippen molar-refractivity contribution in [2.75, 3.05) is 31.1 Å². The normalized spacial score (nSPS) is 16.1. The third-order valence-corrected chi connectivity index (χ3v) is 4.10. The lowest BCUT2D eigenvalue weighted by molar-refractivity contribution is 0.236. The Balaban J connectivity index is 1.94. The zero-order chi connectivity index (χ0) is 14.4. The Bertz CT molecular complexity index is 419. The van der Waals surface area contributed by atoms with Gasteiger partial charge in [0.15, 0.2) is 0 Å². The van der Waals surface area contributed by atoms with Gasteiger partial charge in [0.2, 0.25) is 0 Å². The molecule has 1 unspecified atom stereocenters. The standard InChI is InChI=1S/C17H28N2O/c1-3-9-18-16(13-20)8-11-19-10-4-5-15-12-14(2)6-7-17(15)19/h6-7,12,16,18,20H,3-5,8-11,13H2,1-2H3. The van der Waals surface area contributed by atoms with Crippen molar-refractivity contribution in [1.29, 1.82) is 0 Å². The molecular weight excluding hydrogens is 248 g/mol. The first-order valence-corrected chi connectivity index (χ1v) is 7.93. The van der Waals surface area contributed by atoms with Crippen LogP contribution in [0.25, 0.3) is 0 Å². The second kappa shape index (κ2) is 7.65. The van der Waals surface area contributed by atoms with Crippen molar-refractivity contribution in [2.45, 2.75) is 45.6 Å². The highest BCUT2D eigenvalue weighted by Crippen LogP contribution is 2.28. The third kappa shape index (κ3) is 3.97. The maximum Gasteiger partial charge on any atom is 0.0585 e. The third-order valence-electron chi connectivity index (χ3n) is 4.10. The summed E-state index contributed by atoms with van der Waals surface area (Å²) < 4.78 is 0. The maximum atomic E-state index is 9.43. The Morgan fingerprint density at radius 3 is 3.00 bits per heavy atom. The molecule has 1 aliphatic rings. The SMILES string of the molecule is CCCNC(CO)CCN1CCCc2cc(C)ccc21. The summed E-state index contributed by atoms with van der Waals surface area (Å²) in [5.41, 5.74) is 4.23. The van der Waals surface area contributed by atoms with E-state index in [1.807, 2.05) is 0 Å². The molecule has 1 aromatic rings. The lowest BCUT2D eigenvalue weighted by Crippen LogP contribution is -2.38. The second-order valence-electron chi connectivity index (χ2n) is 5.85. The molecule has 0 aliphatic carbocycles. The summed E-state index contributed by atoms with van der Waals surface area (Å²) in [5.74, 6) is 0. The number of anilines is 1. The van der Waals surface area contributed by atoms with Crippen LogP contribution >= 0.6 is 0 Å². The van der Waals surface area contributed by atoms with Gasteiger partial charge in [-0.25, -0.2) is 0 Å². The first kappa shape index (κ1) is 15.3. The summed E-state index contributed by atoms with van der Waals surface area (Å²) in [6.07, 6.45) is 4.56. The molecule has 20 heavy (non-hydrogen) atoms. The molecule has 2 rings (SSSR count). The van der Waals surface area contributed by atoms with E-state index in [-0.39, 0.29) is 12.6 Å². The van der Waals surface area contributed by atoms with Crippen LogP contribution in [0.15, 0.2) is 18.2 Å². The van der Waals surface area contributed by atoms with Crippen LogP contribution in [0, 0.1) is 6.92 Å². The molecule has 1 atom stereocenters. The van der Waals surface area contributed by atoms with E-state index in [0.717, 1.165) is 32.5 Å². The minimum atomic E-state index is 0.228. The zero-order valence-corrected chi connectivity index (χ0v) is 12.9. The molecule has 0 bridgehead atoms. The van der Waals surface area contributed by atoms with Crippen LogP contribution in [-0.2, 0) is 6.42 Å². The highest BCUT2D eigenvalue weighted by atomic mass is 16.3. The predicted molar refractivity (Wildman–Crippen MR) is 85.5 cm³/mol. The number of aliphatic hydroxyl groups excluding tert-OH is 1. The molecule has 0 fully saturated rings. The van der Waals surface area contributed by atoms with Crippen LogP contribution in [0.1, 0.15) is 37.3 Å². The molecule has 0 radical (unpaired) electrons. The number of hydrogen-bond acceptors (Lipinski definition) is 3. The molecule has 0 saturated heterocycles. The number of hydrogen-bond donors (Lipinski definition) is 2. The zero-order valence-electron chi connectivity index (χ0n) is 12.9. The summed E-state index contributed by atoms with van der Waals surface area (Å²) in [7, 11) is 0. The number of benzene rings is 1. The Kier molecular flexibility index (Phi) is 5.86. The van der Waals surface area contributed by atoms with Crippen LogP contribution < -0.4 is 10.2 Å². The minimum Gasteiger partial charge on any atom is -0.395 e. The molecule has 112 valence electrons. The summed E-state index contributed by atoms with van der Waals surface area (Å²) in [5, 5.41) is 12.8. The summed E-state index contributed by atoms with van der Waals surface area (Å²) >= 11 is 0. The van der Waals surface area contributed by atoms with E-state index in [9.17, 15) is 5.11 Å². The van der Waals surface area contributed by atoms with E-state index in [1.54, 1.807) is 0 Å². The van der Waals surface area contributed by atoms with Gasteiger partial charge in [-0.2, -0.15) is 0 Å². The van der Waals surface area contributed by atoms with Gasteiger partial charge in [0.1, 0.15) is 0 Å². The van der Waals surface area contributed by atoms with Crippen LogP contribution in [-0.4, -0.2) is 37.4 Å². The van der Waals surface area contributed by atoms with Crippen molar-refractivity contribution in [3.63, 3.8) is 0 Å². The van der Waals surface area contributed by atoms with Gasteiger partial charge in [-0.3, -0.25) is 0 Å². The number of fused-ring (bicyclic) bond motifs is 1. The van der Waals surface area contributed by atoms with Gasteiger partial charge < -0.3 is 15.3 Å². The molecule has 3 nitrogen and oxygen atoms in total. The molecule has 0 aromatic heterocycles. The molecule has 3 heteroatoms. The van der Waals surface area contributed by atoms with Crippen LogP contribution in [0.2, 0.25) is 0 Å². The van der Waals surface area contributed by atoms with Gasteiger partial charge in [0, 0.05) is 24.8 Å². The number of rotatable bonds is 7. The number of aliphatic hydroxyl groups is 1. The first-order valence-electron chi connectivity index (χ1n) is 7.93. The fraction of sp³-hybridized carbons (Fsp3) is 0.647. The highest BCUT2D eigenvalue weighted by Gasteiger charge is 2.17. The van der Waals surface area contributed by atoms with E-state index >= 15 is 0 Å². The quantitative estimate of drug-likeness (QED) is 0.803. The van der Waals surface area contributed by atoms with E-state index in [2.05, 4.69) is 42.3 Å². The Morgan fingerprint density at radius 1 is 1.40 bits per heavy atom. The van der Waals surface area contributed by atoms with Crippen molar-refractivity contribution in [1.82, 2.24) is 5.32 Å². The molecule has 1 aromatic carbocycles. The van der Waals surface area contributed by atoms with Crippen molar-refractivity contribution in [2.24, 2.45) is 0 Å². The summed E-state index contributed by atoms with van der Waals surface area (Å²) in [4.78, 5) is 2.48. The second-order valence-corrected chi connectivity index (χ2v) is 5.85. The van der Waals surface area contributed by atoms with Gasteiger partial charge >= 0.3 is 0 Å². The van der Waals surface area contributed by atoms with E-state index in [1.165, 1.54) is 29.7 Å². The highest BCUT2D eigenvalue weighted by molar-refractivity contribution is 5.56. The molecule has 0 amide bonds. The van der Waals surface area contributed by atoms with Crippen LogP contribution in [0.4, 0.5) is 5.69 Å². The van der Waals surface area contributed by atoms with Gasteiger partial charge in [0.25, 0.3) is 0 Å². The smallest absolute Gasteiger partial charge is 0.0585 e. The summed E-state index contributed by atoms with van der Waals surface area (Å²) in [6, 6.07) is 7.01. The Morgan fingerprint density at radius 2 is 2.25 bits per heavy atom. The van der Waals surface area contributed by atoms with E-state index in [4.69, 9.17) is 0 Å². The van der Waals surface area contributed by atoms with E-state index < -0.39 is 0 Å². The number of nitrogens with zero attached hydrogens (tertiary/aromatic N) is 1.